The molecule has 0 aromatic heterocycles. The molecular weight excluding hydrogens is 448 g/mol. The maximum Gasteiger partial charge on any atom is 0.231 e. The first-order valence-electron chi connectivity index (χ1n) is 12.4. The number of hydrogen-bond acceptors (Lipinski definition) is 7. The lowest BCUT2D eigenvalue weighted by Gasteiger charge is -2.37. The van der Waals surface area contributed by atoms with Gasteiger partial charge in [-0.05, 0) is 67.6 Å². The monoisotopic (exact) mass is 482 g/mol. The van der Waals surface area contributed by atoms with Crippen LogP contribution in [-0.4, -0.2) is 69.5 Å². The van der Waals surface area contributed by atoms with Crippen LogP contribution in [0.3, 0.4) is 0 Å². The molecule has 8 heteroatoms. The molecule has 1 atom stereocenters. The van der Waals surface area contributed by atoms with Gasteiger partial charge in [0.15, 0.2) is 23.0 Å². The van der Waals surface area contributed by atoms with E-state index in [1.165, 1.54) is 5.56 Å². The van der Waals surface area contributed by atoms with Crippen LogP contribution in [0.1, 0.15) is 30.4 Å². The standard InChI is InChI=1S/C27H34N2O6/c1-31-24-13-19-8-11-29(17-21(19)14-25(24)32-2)27(30)20-5-3-9-28(16-20)10-4-12-33-22-6-7-23-26(15-22)35-18-34-23/h6-7,13-15,20H,3-5,8-12,16-18H2,1-2H3. The first kappa shape index (κ1) is 23.6. The molecule has 0 spiro atoms. The second-order valence-electron chi connectivity index (χ2n) is 9.34. The summed E-state index contributed by atoms with van der Waals surface area (Å²) in [5, 5.41) is 0. The van der Waals surface area contributed by atoms with Gasteiger partial charge in [-0.2, -0.15) is 0 Å². The molecule has 1 amide bonds. The van der Waals surface area contributed by atoms with Crippen molar-refractivity contribution in [2.24, 2.45) is 5.92 Å². The number of likely N-dealkylation sites (tertiary alicyclic amines) is 1. The molecule has 0 saturated carbocycles. The molecule has 1 unspecified atom stereocenters. The Bertz CT molecular complexity index is 1060. The topological polar surface area (TPSA) is 69.7 Å². The van der Waals surface area contributed by atoms with Crippen LogP contribution in [0.2, 0.25) is 0 Å². The summed E-state index contributed by atoms with van der Waals surface area (Å²) in [4.78, 5) is 17.8. The number of carbonyl (C=O) groups excluding carboxylic acids is 1. The molecule has 188 valence electrons. The van der Waals surface area contributed by atoms with Gasteiger partial charge in [-0.25, -0.2) is 0 Å². The Morgan fingerprint density at radius 3 is 2.66 bits per heavy atom. The molecule has 35 heavy (non-hydrogen) atoms. The molecule has 3 aliphatic rings. The molecule has 2 aromatic carbocycles. The van der Waals surface area contributed by atoms with E-state index in [9.17, 15) is 4.79 Å². The maximum absolute atomic E-state index is 13.4. The molecule has 8 nitrogen and oxygen atoms in total. The zero-order valence-electron chi connectivity index (χ0n) is 20.6. The van der Waals surface area contributed by atoms with Crippen molar-refractivity contribution in [3.8, 4) is 28.7 Å². The summed E-state index contributed by atoms with van der Waals surface area (Å²) in [5.74, 6) is 4.08. The Morgan fingerprint density at radius 2 is 1.83 bits per heavy atom. The van der Waals surface area contributed by atoms with E-state index < -0.39 is 0 Å². The minimum absolute atomic E-state index is 0.0558. The molecule has 2 aromatic rings. The second kappa shape index (κ2) is 10.6. The number of nitrogens with zero attached hydrogens (tertiary/aromatic N) is 2. The number of fused-ring (bicyclic) bond motifs is 2. The number of ether oxygens (including phenoxy) is 5. The summed E-state index contributed by atoms with van der Waals surface area (Å²) in [6.07, 6.45) is 3.76. The first-order chi connectivity index (χ1) is 17.1. The van der Waals surface area contributed by atoms with Crippen molar-refractivity contribution in [1.29, 1.82) is 0 Å². The number of rotatable bonds is 8. The third-order valence-electron chi connectivity index (χ3n) is 7.12. The highest BCUT2D eigenvalue weighted by atomic mass is 16.7. The van der Waals surface area contributed by atoms with E-state index in [-0.39, 0.29) is 18.6 Å². The lowest BCUT2D eigenvalue weighted by atomic mass is 9.93. The van der Waals surface area contributed by atoms with Crippen LogP contribution in [0.5, 0.6) is 28.7 Å². The molecule has 0 bridgehead atoms. The highest BCUT2D eigenvalue weighted by Gasteiger charge is 2.31. The minimum atomic E-state index is 0.0558. The van der Waals surface area contributed by atoms with Crippen molar-refractivity contribution in [3.05, 3.63) is 41.5 Å². The highest BCUT2D eigenvalue weighted by Crippen LogP contribution is 2.35. The fourth-order valence-corrected chi connectivity index (χ4v) is 5.23. The number of carbonyl (C=O) groups is 1. The highest BCUT2D eigenvalue weighted by molar-refractivity contribution is 5.79. The maximum atomic E-state index is 13.4. The van der Waals surface area contributed by atoms with E-state index in [0.29, 0.717) is 18.9 Å². The summed E-state index contributed by atoms with van der Waals surface area (Å²) in [7, 11) is 3.30. The van der Waals surface area contributed by atoms with E-state index in [4.69, 9.17) is 23.7 Å². The van der Waals surface area contributed by atoms with Gasteiger partial charge < -0.3 is 33.5 Å². The van der Waals surface area contributed by atoms with E-state index in [1.807, 2.05) is 35.2 Å². The number of amides is 1. The van der Waals surface area contributed by atoms with Gasteiger partial charge in [0, 0.05) is 32.2 Å². The van der Waals surface area contributed by atoms with Crippen molar-refractivity contribution >= 4 is 5.91 Å². The normalized spacial score (nSPS) is 19.3. The van der Waals surface area contributed by atoms with Crippen LogP contribution in [-0.2, 0) is 17.8 Å². The Labute approximate surface area is 206 Å². The average molecular weight is 483 g/mol. The van der Waals surface area contributed by atoms with Crippen molar-refractivity contribution in [3.63, 3.8) is 0 Å². The Morgan fingerprint density at radius 1 is 1.03 bits per heavy atom. The van der Waals surface area contributed by atoms with Gasteiger partial charge in [-0.1, -0.05) is 0 Å². The molecule has 5 rings (SSSR count). The van der Waals surface area contributed by atoms with Gasteiger partial charge in [-0.15, -0.1) is 0 Å². The van der Waals surface area contributed by atoms with Crippen LogP contribution in [0, 0.1) is 5.92 Å². The van der Waals surface area contributed by atoms with E-state index >= 15 is 0 Å². The Kier molecular flexibility index (Phi) is 7.18. The molecule has 1 fully saturated rings. The second-order valence-corrected chi connectivity index (χ2v) is 9.34. The average Bonchev–Trinajstić information content (AvgIpc) is 3.37. The molecule has 3 aliphatic heterocycles. The van der Waals surface area contributed by atoms with Crippen LogP contribution in [0.4, 0.5) is 0 Å². The number of hydrogen-bond donors (Lipinski definition) is 0. The van der Waals surface area contributed by atoms with E-state index in [2.05, 4.69) is 4.90 Å². The quantitative estimate of drug-likeness (QED) is 0.534. The summed E-state index contributed by atoms with van der Waals surface area (Å²) < 4.78 is 27.6. The third kappa shape index (κ3) is 5.27. The van der Waals surface area contributed by atoms with Gasteiger partial charge in [0.1, 0.15) is 5.75 Å². The van der Waals surface area contributed by atoms with Crippen molar-refractivity contribution in [2.75, 3.05) is 53.8 Å². The van der Waals surface area contributed by atoms with Gasteiger partial charge in [0.25, 0.3) is 0 Å². The third-order valence-corrected chi connectivity index (χ3v) is 7.12. The van der Waals surface area contributed by atoms with Crippen LogP contribution < -0.4 is 23.7 Å². The number of piperidine rings is 1. The van der Waals surface area contributed by atoms with Crippen LogP contribution in [0.15, 0.2) is 30.3 Å². The van der Waals surface area contributed by atoms with Crippen molar-refractivity contribution in [2.45, 2.75) is 32.2 Å². The molecule has 0 radical (unpaired) electrons. The number of methoxy groups -OCH3 is 2. The summed E-state index contributed by atoms with van der Waals surface area (Å²) in [5.41, 5.74) is 2.38. The smallest absolute Gasteiger partial charge is 0.231 e. The summed E-state index contributed by atoms with van der Waals surface area (Å²) >= 11 is 0. The Balaban J connectivity index is 1.10. The molecule has 1 saturated heterocycles. The van der Waals surface area contributed by atoms with Gasteiger partial charge in [0.2, 0.25) is 12.7 Å². The molecular formula is C27H34N2O6. The lowest BCUT2D eigenvalue weighted by Crippen LogP contribution is -2.46. The van der Waals surface area contributed by atoms with Gasteiger partial charge in [0.05, 0.1) is 26.7 Å². The minimum Gasteiger partial charge on any atom is -0.493 e. The van der Waals surface area contributed by atoms with Crippen LogP contribution >= 0.6 is 0 Å². The first-order valence-corrected chi connectivity index (χ1v) is 12.4. The molecule has 3 heterocycles. The van der Waals surface area contributed by atoms with Crippen molar-refractivity contribution in [1.82, 2.24) is 9.80 Å². The van der Waals surface area contributed by atoms with E-state index in [1.54, 1.807) is 14.2 Å². The molecule has 0 N–H and O–H groups in total. The lowest BCUT2D eigenvalue weighted by molar-refractivity contribution is -0.138. The zero-order valence-corrected chi connectivity index (χ0v) is 20.6. The predicted molar refractivity (Wildman–Crippen MR) is 131 cm³/mol. The fourth-order valence-electron chi connectivity index (χ4n) is 5.23. The largest absolute Gasteiger partial charge is 0.493 e. The summed E-state index contributed by atoms with van der Waals surface area (Å²) in [6.45, 7) is 5.05. The predicted octanol–water partition coefficient (Wildman–Crippen LogP) is 3.50. The van der Waals surface area contributed by atoms with Gasteiger partial charge >= 0.3 is 0 Å². The number of benzene rings is 2. The van der Waals surface area contributed by atoms with Crippen LogP contribution in [0.25, 0.3) is 0 Å². The Hall–Kier alpha value is -3.13. The molecule has 0 aliphatic carbocycles. The zero-order chi connectivity index (χ0) is 24.2. The van der Waals surface area contributed by atoms with Gasteiger partial charge in [-0.3, -0.25) is 4.79 Å². The SMILES string of the molecule is COc1cc2c(cc1OC)CN(C(=O)C1CCCN(CCCOc3ccc4c(c3)OCO4)C1)CC2. The summed E-state index contributed by atoms with van der Waals surface area (Å²) in [6, 6.07) is 9.72. The van der Waals surface area contributed by atoms with E-state index in [0.717, 1.165) is 80.4 Å². The fraction of sp³-hybridized carbons (Fsp3) is 0.519. The van der Waals surface area contributed by atoms with Crippen molar-refractivity contribution < 1.29 is 28.5 Å².